The first kappa shape index (κ1) is 20.8. The molecule has 0 heterocycles. The molecule has 2 aromatic rings. The molecule has 146 valence electrons. The molecule has 0 atom stereocenters. The number of nitrogens with zero attached hydrogens (tertiary/aromatic N) is 1. The van der Waals surface area contributed by atoms with Gasteiger partial charge in [0.15, 0.2) is 6.61 Å². The van der Waals surface area contributed by atoms with Crippen molar-refractivity contribution in [2.24, 2.45) is 5.10 Å². The van der Waals surface area contributed by atoms with Crippen LogP contribution >= 0.6 is 0 Å². The number of ether oxygens (including phenoxy) is 3. The normalized spacial score (nSPS) is 10.3. The number of unbranched alkanes of at least 4 members (excludes halogenated alkanes) is 1. The van der Waals surface area contributed by atoms with E-state index in [1.54, 1.807) is 18.2 Å². The van der Waals surface area contributed by atoms with Crippen molar-refractivity contribution in [3.05, 3.63) is 54.1 Å². The van der Waals surface area contributed by atoms with E-state index in [4.69, 9.17) is 20.6 Å². The van der Waals surface area contributed by atoms with Crippen LogP contribution in [0.15, 0.2) is 53.6 Å². The molecule has 0 aromatic heterocycles. The van der Waals surface area contributed by atoms with Crippen LogP contribution in [0.4, 0.5) is 0 Å². The van der Waals surface area contributed by atoms with Gasteiger partial charge in [0, 0.05) is 5.56 Å². The summed E-state index contributed by atoms with van der Waals surface area (Å²) in [5.41, 5.74) is 3.12. The van der Waals surface area contributed by atoms with Crippen LogP contribution in [0, 0.1) is 12.3 Å². The molecule has 0 unspecified atom stereocenters. The lowest BCUT2D eigenvalue weighted by Crippen LogP contribution is -2.24. The van der Waals surface area contributed by atoms with Crippen LogP contribution in [0.3, 0.4) is 0 Å². The highest BCUT2D eigenvalue weighted by atomic mass is 16.5. The third-order valence-electron chi connectivity index (χ3n) is 3.58. The molecular weight excluding hydrogens is 356 g/mol. The van der Waals surface area contributed by atoms with Gasteiger partial charge < -0.3 is 14.2 Å². The van der Waals surface area contributed by atoms with Gasteiger partial charge in [0.25, 0.3) is 5.91 Å². The van der Waals surface area contributed by atoms with Crippen LogP contribution in [0.25, 0.3) is 0 Å². The van der Waals surface area contributed by atoms with Crippen LogP contribution < -0.4 is 19.6 Å². The Labute approximate surface area is 165 Å². The molecule has 28 heavy (non-hydrogen) atoms. The summed E-state index contributed by atoms with van der Waals surface area (Å²) in [4.78, 5) is 11.9. The fourth-order valence-electron chi connectivity index (χ4n) is 2.16. The van der Waals surface area contributed by atoms with Gasteiger partial charge in [-0.25, -0.2) is 5.43 Å². The van der Waals surface area contributed by atoms with Crippen LogP contribution in [0.5, 0.6) is 17.2 Å². The SMILES string of the molecule is C#CCOc1ccccc1/C=N\NC(=O)COc1ccc(OCCCC)cc1. The summed E-state index contributed by atoms with van der Waals surface area (Å²) in [6.07, 6.45) is 8.79. The molecule has 0 aliphatic rings. The van der Waals surface area contributed by atoms with Gasteiger partial charge in [0.2, 0.25) is 0 Å². The summed E-state index contributed by atoms with van der Waals surface area (Å²) in [5, 5.41) is 3.92. The van der Waals surface area contributed by atoms with E-state index >= 15 is 0 Å². The number of nitrogens with one attached hydrogen (secondary N) is 1. The van der Waals surface area contributed by atoms with E-state index in [2.05, 4.69) is 23.4 Å². The lowest BCUT2D eigenvalue weighted by molar-refractivity contribution is -0.123. The lowest BCUT2D eigenvalue weighted by atomic mass is 10.2. The topological polar surface area (TPSA) is 69.2 Å². The summed E-state index contributed by atoms with van der Waals surface area (Å²) < 4.78 is 16.4. The Morgan fingerprint density at radius 2 is 1.82 bits per heavy atom. The van der Waals surface area contributed by atoms with Crippen molar-refractivity contribution in [2.45, 2.75) is 19.8 Å². The van der Waals surface area contributed by atoms with Gasteiger partial charge in [-0.1, -0.05) is 31.4 Å². The molecule has 2 rings (SSSR count). The second-order valence-corrected chi connectivity index (χ2v) is 5.79. The molecule has 0 bridgehead atoms. The minimum absolute atomic E-state index is 0.150. The van der Waals surface area contributed by atoms with E-state index in [0.717, 1.165) is 18.6 Å². The minimum atomic E-state index is -0.374. The molecule has 1 N–H and O–H groups in total. The van der Waals surface area contributed by atoms with Crippen molar-refractivity contribution in [3.63, 3.8) is 0 Å². The Hall–Kier alpha value is -3.46. The number of hydrazone groups is 1. The molecule has 0 aliphatic carbocycles. The second-order valence-electron chi connectivity index (χ2n) is 5.79. The van der Waals surface area contributed by atoms with Crippen LogP contribution in [0.1, 0.15) is 25.3 Å². The van der Waals surface area contributed by atoms with Crippen molar-refractivity contribution in [1.82, 2.24) is 5.43 Å². The minimum Gasteiger partial charge on any atom is -0.494 e. The summed E-state index contributed by atoms with van der Waals surface area (Å²) in [6.45, 7) is 2.81. The molecule has 0 radical (unpaired) electrons. The zero-order valence-electron chi connectivity index (χ0n) is 15.9. The Balaban J connectivity index is 1.77. The smallest absolute Gasteiger partial charge is 0.277 e. The number of terminal acetylenes is 1. The molecule has 0 saturated heterocycles. The van der Waals surface area contributed by atoms with Gasteiger partial charge in [-0.2, -0.15) is 5.10 Å². The molecule has 6 heteroatoms. The molecular formula is C22H24N2O4. The summed E-state index contributed by atoms with van der Waals surface area (Å²) >= 11 is 0. The predicted molar refractivity (Wildman–Crippen MR) is 109 cm³/mol. The molecule has 2 aromatic carbocycles. The third kappa shape index (κ3) is 7.42. The van der Waals surface area contributed by atoms with E-state index in [1.165, 1.54) is 6.21 Å². The number of hydrogen-bond donors (Lipinski definition) is 1. The number of carbonyl (C=O) groups is 1. The maximum atomic E-state index is 11.9. The van der Waals surface area contributed by atoms with E-state index < -0.39 is 0 Å². The molecule has 0 aliphatic heterocycles. The second kappa shape index (κ2) is 12.0. The van der Waals surface area contributed by atoms with E-state index in [0.29, 0.717) is 23.7 Å². The maximum Gasteiger partial charge on any atom is 0.277 e. The number of rotatable bonds is 11. The Bertz CT molecular complexity index is 810. The predicted octanol–water partition coefficient (Wildman–Crippen LogP) is 3.41. The van der Waals surface area contributed by atoms with E-state index in [-0.39, 0.29) is 19.1 Å². The first-order valence-electron chi connectivity index (χ1n) is 9.05. The van der Waals surface area contributed by atoms with Crippen molar-refractivity contribution < 1.29 is 19.0 Å². The van der Waals surface area contributed by atoms with E-state index in [9.17, 15) is 4.79 Å². The van der Waals surface area contributed by atoms with Gasteiger partial charge in [-0.3, -0.25) is 4.79 Å². The van der Waals surface area contributed by atoms with Gasteiger partial charge in [-0.05, 0) is 42.8 Å². The lowest BCUT2D eigenvalue weighted by Gasteiger charge is -2.08. The number of carbonyl (C=O) groups excluding carboxylic acids is 1. The van der Waals surface area contributed by atoms with Gasteiger partial charge in [0.05, 0.1) is 12.8 Å². The summed E-state index contributed by atoms with van der Waals surface area (Å²) in [5.74, 6) is 3.98. The summed E-state index contributed by atoms with van der Waals surface area (Å²) in [7, 11) is 0. The first-order chi connectivity index (χ1) is 13.7. The Morgan fingerprint density at radius 1 is 1.11 bits per heavy atom. The molecule has 0 fully saturated rings. The average Bonchev–Trinajstić information content (AvgIpc) is 2.72. The monoisotopic (exact) mass is 380 g/mol. The standard InChI is InChI=1S/C22H24N2O4/c1-3-5-15-26-19-10-12-20(13-11-19)28-17-22(25)24-23-16-18-8-6-7-9-21(18)27-14-4-2/h2,6-13,16H,3,5,14-15,17H2,1H3,(H,24,25)/b23-16-. The number of hydrogen-bond acceptors (Lipinski definition) is 5. The summed E-state index contributed by atoms with van der Waals surface area (Å²) in [6, 6.07) is 14.4. The first-order valence-corrected chi connectivity index (χ1v) is 9.05. The maximum absolute atomic E-state index is 11.9. The zero-order valence-corrected chi connectivity index (χ0v) is 15.9. The van der Waals surface area contributed by atoms with Crippen LogP contribution in [0.2, 0.25) is 0 Å². The largest absolute Gasteiger partial charge is 0.494 e. The Kier molecular flexibility index (Phi) is 8.95. The van der Waals surface area contributed by atoms with Crippen LogP contribution in [-0.4, -0.2) is 31.9 Å². The van der Waals surface area contributed by atoms with Crippen molar-refractivity contribution in [1.29, 1.82) is 0 Å². The fourth-order valence-corrected chi connectivity index (χ4v) is 2.16. The van der Waals surface area contributed by atoms with Crippen LogP contribution in [-0.2, 0) is 4.79 Å². The highest BCUT2D eigenvalue weighted by Crippen LogP contribution is 2.18. The number of amides is 1. The van der Waals surface area contributed by atoms with Gasteiger partial charge >= 0.3 is 0 Å². The number of para-hydroxylation sites is 1. The third-order valence-corrected chi connectivity index (χ3v) is 3.58. The van der Waals surface area contributed by atoms with Crippen molar-refractivity contribution in [3.8, 4) is 29.6 Å². The fraction of sp³-hybridized carbons (Fsp3) is 0.273. The highest BCUT2D eigenvalue weighted by molar-refractivity contribution is 5.85. The Morgan fingerprint density at radius 3 is 2.54 bits per heavy atom. The van der Waals surface area contributed by atoms with Crippen molar-refractivity contribution >= 4 is 12.1 Å². The highest BCUT2D eigenvalue weighted by Gasteiger charge is 2.03. The van der Waals surface area contributed by atoms with Crippen molar-refractivity contribution in [2.75, 3.05) is 19.8 Å². The zero-order chi connectivity index (χ0) is 20.0. The van der Waals surface area contributed by atoms with Gasteiger partial charge in [-0.15, -0.1) is 6.42 Å². The number of benzene rings is 2. The van der Waals surface area contributed by atoms with E-state index in [1.807, 2.05) is 30.3 Å². The van der Waals surface area contributed by atoms with Gasteiger partial charge in [0.1, 0.15) is 23.9 Å². The molecule has 1 amide bonds. The average molecular weight is 380 g/mol. The quantitative estimate of drug-likeness (QED) is 0.281. The molecule has 6 nitrogen and oxygen atoms in total. The molecule has 0 spiro atoms. The molecule has 0 saturated carbocycles.